The normalized spacial score (nSPS) is 10.8. The van der Waals surface area contributed by atoms with Gasteiger partial charge in [-0.05, 0) is 11.6 Å². The molecule has 0 fully saturated rings. The number of aromatic nitrogens is 3. The molecule has 0 bridgehead atoms. The average Bonchev–Trinajstić information content (AvgIpc) is 3.06. The Bertz CT molecular complexity index is 1020. The van der Waals surface area contributed by atoms with E-state index in [1.54, 1.807) is 4.52 Å². The molecule has 0 aliphatic rings. The number of benzene rings is 2. The molecular formula is C19H14N4S. The van der Waals surface area contributed by atoms with Crippen molar-refractivity contribution in [3.8, 4) is 22.5 Å². The van der Waals surface area contributed by atoms with Gasteiger partial charge in [-0.25, -0.2) is 9.50 Å². The van der Waals surface area contributed by atoms with Gasteiger partial charge in [-0.15, -0.1) is 5.10 Å². The zero-order chi connectivity index (χ0) is 16.5. The van der Waals surface area contributed by atoms with Gasteiger partial charge in [0.2, 0.25) is 0 Å². The Labute approximate surface area is 144 Å². The Morgan fingerprint density at radius 1 is 0.875 bits per heavy atom. The maximum atomic E-state index is 5.93. The van der Waals surface area contributed by atoms with Crippen molar-refractivity contribution in [3.63, 3.8) is 0 Å². The van der Waals surface area contributed by atoms with Crippen molar-refractivity contribution in [1.29, 1.82) is 0 Å². The van der Waals surface area contributed by atoms with Crippen LogP contribution < -0.4 is 5.73 Å². The molecule has 4 nitrogen and oxygen atoms in total. The first-order valence-electron chi connectivity index (χ1n) is 7.53. The monoisotopic (exact) mass is 330 g/mol. The van der Waals surface area contributed by atoms with Crippen LogP contribution in [0.15, 0.2) is 72.9 Å². The van der Waals surface area contributed by atoms with Crippen LogP contribution in [0.2, 0.25) is 0 Å². The van der Waals surface area contributed by atoms with E-state index in [2.05, 4.69) is 10.1 Å². The second-order valence-electron chi connectivity index (χ2n) is 5.44. The Morgan fingerprint density at radius 3 is 2.12 bits per heavy atom. The predicted octanol–water partition coefficient (Wildman–Crippen LogP) is 3.70. The van der Waals surface area contributed by atoms with Gasteiger partial charge in [0.1, 0.15) is 4.99 Å². The van der Waals surface area contributed by atoms with Crippen LogP contribution in [0.25, 0.3) is 28.2 Å². The fourth-order valence-corrected chi connectivity index (χ4v) is 2.82. The van der Waals surface area contributed by atoms with Crippen LogP contribution in [0.4, 0.5) is 0 Å². The van der Waals surface area contributed by atoms with Crippen LogP contribution in [0.5, 0.6) is 0 Å². The van der Waals surface area contributed by atoms with Crippen LogP contribution >= 0.6 is 12.2 Å². The maximum Gasteiger partial charge on any atom is 0.182 e. The number of thiocarbonyl (C=S) groups is 1. The second-order valence-corrected chi connectivity index (χ2v) is 5.88. The molecular weight excluding hydrogens is 316 g/mol. The average molecular weight is 330 g/mol. The van der Waals surface area contributed by atoms with Crippen LogP contribution in [0, 0.1) is 0 Å². The third-order valence-corrected chi connectivity index (χ3v) is 4.06. The van der Waals surface area contributed by atoms with Gasteiger partial charge in [0.15, 0.2) is 11.5 Å². The van der Waals surface area contributed by atoms with E-state index in [4.69, 9.17) is 18.0 Å². The molecule has 116 valence electrons. The highest BCUT2D eigenvalue weighted by Crippen LogP contribution is 2.24. The summed E-state index contributed by atoms with van der Waals surface area (Å²) in [6, 6.07) is 21.9. The fourth-order valence-electron chi connectivity index (χ4n) is 2.67. The molecule has 0 spiro atoms. The van der Waals surface area contributed by atoms with E-state index in [0.717, 1.165) is 22.3 Å². The molecule has 24 heavy (non-hydrogen) atoms. The molecule has 2 aromatic heterocycles. The van der Waals surface area contributed by atoms with Gasteiger partial charge in [-0.2, -0.15) is 0 Å². The van der Waals surface area contributed by atoms with Crippen molar-refractivity contribution >= 4 is 22.9 Å². The molecule has 4 aromatic rings. The number of fused-ring (bicyclic) bond motifs is 1. The SMILES string of the molecule is NC(=S)c1cc(-c2ccccc2)cn2nc(-c3ccccc3)nc12. The molecule has 2 aromatic carbocycles. The lowest BCUT2D eigenvalue weighted by molar-refractivity contribution is 0.966. The summed E-state index contributed by atoms with van der Waals surface area (Å²) >= 11 is 5.22. The quantitative estimate of drug-likeness (QED) is 0.582. The minimum atomic E-state index is 0.310. The summed E-state index contributed by atoms with van der Waals surface area (Å²) in [5, 5.41) is 4.60. The van der Waals surface area contributed by atoms with Crippen molar-refractivity contribution in [1.82, 2.24) is 14.6 Å². The molecule has 4 rings (SSSR count). The molecule has 5 heteroatoms. The van der Waals surface area contributed by atoms with Gasteiger partial charge in [-0.3, -0.25) is 0 Å². The lowest BCUT2D eigenvalue weighted by atomic mass is 10.1. The number of nitrogens with two attached hydrogens (primary N) is 1. The van der Waals surface area contributed by atoms with Crippen LogP contribution in [0.3, 0.4) is 0 Å². The van der Waals surface area contributed by atoms with Gasteiger partial charge in [0.05, 0.1) is 5.56 Å². The first-order chi connectivity index (χ1) is 11.7. The number of hydrogen-bond acceptors (Lipinski definition) is 3. The highest BCUT2D eigenvalue weighted by molar-refractivity contribution is 7.80. The zero-order valence-electron chi connectivity index (χ0n) is 12.8. The maximum absolute atomic E-state index is 5.93. The molecule has 0 atom stereocenters. The van der Waals surface area contributed by atoms with E-state index in [0.29, 0.717) is 16.5 Å². The highest BCUT2D eigenvalue weighted by Gasteiger charge is 2.13. The molecule has 2 N–H and O–H groups in total. The van der Waals surface area contributed by atoms with E-state index in [1.807, 2.05) is 72.9 Å². The molecule has 0 saturated carbocycles. The van der Waals surface area contributed by atoms with Crippen molar-refractivity contribution in [2.45, 2.75) is 0 Å². The topological polar surface area (TPSA) is 56.2 Å². The summed E-state index contributed by atoms with van der Waals surface area (Å²) < 4.78 is 1.75. The Kier molecular flexibility index (Phi) is 3.55. The van der Waals surface area contributed by atoms with Gasteiger partial charge in [-0.1, -0.05) is 72.9 Å². The summed E-state index contributed by atoms with van der Waals surface area (Å²) in [6.07, 6.45) is 1.95. The summed E-state index contributed by atoms with van der Waals surface area (Å²) in [7, 11) is 0. The first-order valence-corrected chi connectivity index (χ1v) is 7.94. The number of nitrogens with zero attached hydrogens (tertiary/aromatic N) is 3. The van der Waals surface area contributed by atoms with E-state index < -0.39 is 0 Å². The molecule has 0 unspecified atom stereocenters. The Hall–Kier alpha value is -3.05. The van der Waals surface area contributed by atoms with Gasteiger partial charge in [0.25, 0.3) is 0 Å². The summed E-state index contributed by atoms with van der Waals surface area (Å²) in [5.74, 6) is 0.651. The largest absolute Gasteiger partial charge is 0.389 e. The smallest absolute Gasteiger partial charge is 0.182 e. The minimum absolute atomic E-state index is 0.310. The standard InChI is InChI=1S/C19H14N4S/c20-17(24)16-11-15(13-7-3-1-4-8-13)12-23-19(16)21-18(22-23)14-9-5-2-6-10-14/h1-12H,(H2,20,24). The van der Waals surface area contributed by atoms with E-state index in [1.165, 1.54) is 0 Å². The van der Waals surface area contributed by atoms with Crippen molar-refractivity contribution in [2.75, 3.05) is 0 Å². The molecule has 0 amide bonds. The summed E-state index contributed by atoms with van der Waals surface area (Å²) in [6.45, 7) is 0. The van der Waals surface area contributed by atoms with Crippen LogP contribution in [0.1, 0.15) is 5.56 Å². The third-order valence-electron chi connectivity index (χ3n) is 3.84. The van der Waals surface area contributed by atoms with Crippen molar-refractivity contribution in [2.24, 2.45) is 5.73 Å². The summed E-state index contributed by atoms with van der Waals surface area (Å²) in [4.78, 5) is 4.93. The molecule has 0 aliphatic carbocycles. The minimum Gasteiger partial charge on any atom is -0.389 e. The Morgan fingerprint density at radius 2 is 1.50 bits per heavy atom. The van der Waals surface area contributed by atoms with E-state index in [-0.39, 0.29) is 0 Å². The number of hydrogen-bond donors (Lipinski definition) is 1. The third kappa shape index (κ3) is 2.55. The molecule has 2 heterocycles. The van der Waals surface area contributed by atoms with E-state index in [9.17, 15) is 0 Å². The lowest BCUT2D eigenvalue weighted by Gasteiger charge is -2.06. The van der Waals surface area contributed by atoms with Crippen molar-refractivity contribution < 1.29 is 0 Å². The van der Waals surface area contributed by atoms with E-state index >= 15 is 0 Å². The highest BCUT2D eigenvalue weighted by atomic mass is 32.1. The number of pyridine rings is 1. The van der Waals surface area contributed by atoms with Gasteiger partial charge >= 0.3 is 0 Å². The predicted molar refractivity (Wildman–Crippen MR) is 99.7 cm³/mol. The van der Waals surface area contributed by atoms with Crippen LogP contribution in [-0.2, 0) is 0 Å². The molecule has 0 aliphatic heterocycles. The zero-order valence-corrected chi connectivity index (χ0v) is 13.6. The second kappa shape index (κ2) is 5.86. The fraction of sp³-hybridized carbons (Fsp3) is 0. The number of rotatable bonds is 3. The van der Waals surface area contributed by atoms with Crippen LogP contribution in [-0.4, -0.2) is 19.6 Å². The Balaban J connectivity index is 1.95. The van der Waals surface area contributed by atoms with Gasteiger partial charge in [0, 0.05) is 17.3 Å². The van der Waals surface area contributed by atoms with Crippen molar-refractivity contribution in [3.05, 3.63) is 78.5 Å². The lowest BCUT2D eigenvalue weighted by Crippen LogP contribution is -2.11. The van der Waals surface area contributed by atoms with Gasteiger partial charge < -0.3 is 5.73 Å². The molecule has 0 radical (unpaired) electrons. The first kappa shape index (κ1) is 14.5. The summed E-state index contributed by atoms with van der Waals surface area (Å²) in [5.41, 5.74) is 10.3. The molecule has 0 saturated heterocycles.